The number of nitrogens with one attached hydrogen (secondary N) is 1. The Balaban J connectivity index is 1.76. The number of hydrazine groups is 1. The molecule has 0 radical (unpaired) electrons. The van der Waals surface area contributed by atoms with Crippen molar-refractivity contribution >= 4 is 12.0 Å². The quantitative estimate of drug-likeness (QED) is 0.491. The highest BCUT2D eigenvalue weighted by molar-refractivity contribution is 5.78. The molecule has 0 spiro atoms. The van der Waals surface area contributed by atoms with Crippen LogP contribution in [0.4, 0.5) is 4.79 Å². The minimum Gasteiger partial charge on any atom is -0.445 e. The van der Waals surface area contributed by atoms with Crippen LogP contribution in [0.1, 0.15) is 18.4 Å². The molecule has 2 rings (SSSR count). The summed E-state index contributed by atoms with van der Waals surface area (Å²) in [6.45, 7) is 1.31. The predicted octanol–water partition coefficient (Wildman–Crippen LogP) is 1.03. The van der Waals surface area contributed by atoms with E-state index in [-0.39, 0.29) is 24.5 Å². The number of carbonyl (C=O) groups is 2. The highest BCUT2D eigenvalue weighted by Gasteiger charge is 2.27. The Bertz CT molecular complexity index is 456. The van der Waals surface area contributed by atoms with Crippen molar-refractivity contribution in [3.05, 3.63) is 35.9 Å². The molecule has 3 N–H and O–H groups in total. The monoisotopic (exact) mass is 277 g/mol. The standard InChI is InChI=1S/C14H19N3O3/c15-16-13(18)12-6-8-17(9-7-12)14(19)20-10-11-4-2-1-3-5-11/h1-5,12H,6-10,15H2,(H,16,18). The van der Waals surface area contributed by atoms with Gasteiger partial charge in [-0.1, -0.05) is 30.3 Å². The summed E-state index contributed by atoms with van der Waals surface area (Å²) in [6, 6.07) is 9.54. The normalized spacial score (nSPS) is 15.8. The van der Waals surface area contributed by atoms with Crippen molar-refractivity contribution in [3.8, 4) is 0 Å². The van der Waals surface area contributed by atoms with Crippen molar-refractivity contribution in [3.63, 3.8) is 0 Å². The number of ether oxygens (including phenoxy) is 1. The number of likely N-dealkylation sites (tertiary alicyclic amines) is 1. The zero-order valence-electron chi connectivity index (χ0n) is 11.2. The first-order valence-electron chi connectivity index (χ1n) is 6.67. The van der Waals surface area contributed by atoms with E-state index in [0.29, 0.717) is 25.9 Å². The fourth-order valence-electron chi connectivity index (χ4n) is 2.25. The fourth-order valence-corrected chi connectivity index (χ4v) is 2.25. The van der Waals surface area contributed by atoms with Gasteiger partial charge in [-0.25, -0.2) is 10.6 Å². The van der Waals surface area contributed by atoms with Gasteiger partial charge in [-0.05, 0) is 18.4 Å². The zero-order chi connectivity index (χ0) is 14.4. The molecular weight excluding hydrogens is 258 g/mol. The van der Waals surface area contributed by atoms with Gasteiger partial charge in [-0.15, -0.1) is 0 Å². The number of carbonyl (C=O) groups excluding carboxylic acids is 2. The smallest absolute Gasteiger partial charge is 0.410 e. The number of nitrogens with two attached hydrogens (primary N) is 1. The van der Waals surface area contributed by atoms with Gasteiger partial charge in [-0.2, -0.15) is 0 Å². The molecule has 0 saturated carbocycles. The number of amides is 2. The van der Waals surface area contributed by atoms with E-state index in [0.717, 1.165) is 5.56 Å². The van der Waals surface area contributed by atoms with Crippen LogP contribution in [0, 0.1) is 5.92 Å². The number of nitrogens with zero attached hydrogens (tertiary/aromatic N) is 1. The van der Waals surface area contributed by atoms with Gasteiger partial charge in [0, 0.05) is 19.0 Å². The molecule has 1 saturated heterocycles. The maximum absolute atomic E-state index is 11.9. The van der Waals surface area contributed by atoms with Crippen LogP contribution in [0.15, 0.2) is 30.3 Å². The van der Waals surface area contributed by atoms with Gasteiger partial charge in [0.05, 0.1) is 0 Å². The lowest BCUT2D eigenvalue weighted by molar-refractivity contribution is -0.126. The molecule has 0 aliphatic carbocycles. The maximum Gasteiger partial charge on any atom is 0.410 e. The first-order chi connectivity index (χ1) is 9.70. The molecule has 1 aromatic carbocycles. The summed E-state index contributed by atoms with van der Waals surface area (Å²) in [5.41, 5.74) is 3.11. The Morgan fingerprint density at radius 3 is 2.50 bits per heavy atom. The molecule has 0 atom stereocenters. The lowest BCUT2D eigenvalue weighted by Crippen LogP contribution is -2.44. The Kier molecular flexibility index (Phi) is 4.95. The third-order valence-electron chi connectivity index (χ3n) is 3.47. The SMILES string of the molecule is NNC(=O)C1CCN(C(=O)OCc2ccccc2)CC1. The van der Waals surface area contributed by atoms with Crippen molar-refractivity contribution in [2.75, 3.05) is 13.1 Å². The summed E-state index contributed by atoms with van der Waals surface area (Å²) in [4.78, 5) is 24.9. The van der Waals surface area contributed by atoms with E-state index in [9.17, 15) is 9.59 Å². The summed E-state index contributed by atoms with van der Waals surface area (Å²) < 4.78 is 5.25. The summed E-state index contributed by atoms with van der Waals surface area (Å²) >= 11 is 0. The Morgan fingerprint density at radius 2 is 1.90 bits per heavy atom. The molecule has 6 nitrogen and oxygen atoms in total. The molecule has 1 aliphatic rings. The third-order valence-corrected chi connectivity index (χ3v) is 3.47. The molecule has 1 fully saturated rings. The van der Waals surface area contributed by atoms with E-state index in [4.69, 9.17) is 10.6 Å². The molecule has 1 aliphatic heterocycles. The average molecular weight is 277 g/mol. The molecule has 20 heavy (non-hydrogen) atoms. The minimum absolute atomic E-state index is 0.113. The van der Waals surface area contributed by atoms with E-state index in [1.165, 1.54) is 0 Å². The first-order valence-corrected chi connectivity index (χ1v) is 6.67. The van der Waals surface area contributed by atoms with Crippen LogP contribution in [-0.4, -0.2) is 30.0 Å². The van der Waals surface area contributed by atoms with Crippen LogP contribution < -0.4 is 11.3 Å². The van der Waals surface area contributed by atoms with E-state index in [1.54, 1.807) is 4.90 Å². The molecule has 2 amide bonds. The third kappa shape index (κ3) is 3.71. The fraction of sp³-hybridized carbons (Fsp3) is 0.429. The lowest BCUT2D eigenvalue weighted by Gasteiger charge is -2.30. The predicted molar refractivity (Wildman–Crippen MR) is 73.3 cm³/mol. The maximum atomic E-state index is 11.9. The van der Waals surface area contributed by atoms with E-state index in [1.807, 2.05) is 30.3 Å². The highest BCUT2D eigenvalue weighted by Crippen LogP contribution is 2.18. The van der Waals surface area contributed by atoms with Crippen molar-refractivity contribution < 1.29 is 14.3 Å². The highest BCUT2D eigenvalue weighted by atomic mass is 16.6. The zero-order valence-corrected chi connectivity index (χ0v) is 11.2. The second-order valence-electron chi connectivity index (χ2n) is 4.81. The lowest BCUT2D eigenvalue weighted by atomic mass is 9.96. The summed E-state index contributed by atoms with van der Waals surface area (Å²) in [6.07, 6.45) is 0.896. The molecule has 1 aromatic rings. The van der Waals surface area contributed by atoms with Crippen molar-refractivity contribution in [1.82, 2.24) is 10.3 Å². The van der Waals surface area contributed by atoms with Crippen LogP contribution in [0.5, 0.6) is 0 Å². The van der Waals surface area contributed by atoms with Crippen LogP contribution in [-0.2, 0) is 16.1 Å². The summed E-state index contributed by atoms with van der Waals surface area (Å²) in [7, 11) is 0. The van der Waals surface area contributed by atoms with E-state index < -0.39 is 0 Å². The van der Waals surface area contributed by atoms with Crippen LogP contribution in [0.2, 0.25) is 0 Å². The molecule has 6 heteroatoms. The first kappa shape index (κ1) is 14.3. The molecule has 0 bridgehead atoms. The number of rotatable bonds is 3. The van der Waals surface area contributed by atoms with Gasteiger partial charge in [0.2, 0.25) is 5.91 Å². The second kappa shape index (κ2) is 6.91. The van der Waals surface area contributed by atoms with Crippen LogP contribution >= 0.6 is 0 Å². The van der Waals surface area contributed by atoms with Gasteiger partial charge in [0.1, 0.15) is 6.61 Å². The van der Waals surface area contributed by atoms with E-state index >= 15 is 0 Å². The van der Waals surface area contributed by atoms with Gasteiger partial charge >= 0.3 is 6.09 Å². The Morgan fingerprint density at radius 1 is 1.25 bits per heavy atom. The molecular formula is C14H19N3O3. The topological polar surface area (TPSA) is 84.7 Å². The van der Waals surface area contributed by atoms with Crippen LogP contribution in [0.25, 0.3) is 0 Å². The van der Waals surface area contributed by atoms with Gasteiger partial charge in [0.25, 0.3) is 0 Å². The second-order valence-corrected chi connectivity index (χ2v) is 4.81. The van der Waals surface area contributed by atoms with E-state index in [2.05, 4.69) is 5.43 Å². The van der Waals surface area contributed by atoms with Crippen LogP contribution in [0.3, 0.4) is 0 Å². The summed E-state index contributed by atoms with van der Waals surface area (Å²) in [5, 5.41) is 0. The molecule has 0 aromatic heterocycles. The number of benzene rings is 1. The Labute approximate surface area is 117 Å². The minimum atomic E-state index is -0.333. The summed E-state index contributed by atoms with van der Waals surface area (Å²) in [5.74, 6) is 4.83. The number of piperidine rings is 1. The molecule has 0 unspecified atom stereocenters. The molecule has 108 valence electrons. The number of hydrogen-bond acceptors (Lipinski definition) is 4. The number of hydrogen-bond donors (Lipinski definition) is 2. The van der Waals surface area contributed by atoms with Crippen molar-refractivity contribution in [2.24, 2.45) is 11.8 Å². The molecule has 1 heterocycles. The van der Waals surface area contributed by atoms with Gasteiger partial charge in [-0.3, -0.25) is 10.2 Å². The Hall–Kier alpha value is -2.08. The van der Waals surface area contributed by atoms with Crippen molar-refractivity contribution in [2.45, 2.75) is 19.4 Å². The average Bonchev–Trinajstić information content (AvgIpc) is 2.53. The van der Waals surface area contributed by atoms with Crippen molar-refractivity contribution in [1.29, 1.82) is 0 Å². The van der Waals surface area contributed by atoms with Gasteiger partial charge < -0.3 is 9.64 Å². The largest absolute Gasteiger partial charge is 0.445 e. The van der Waals surface area contributed by atoms with Gasteiger partial charge in [0.15, 0.2) is 0 Å².